The van der Waals surface area contributed by atoms with Crippen LogP contribution in [0, 0.1) is 11.8 Å². The molecule has 0 aromatic heterocycles. The maximum atomic E-state index is 12.9. The second kappa shape index (κ2) is 16.7. The largest absolute Gasteiger partial charge is 0.478 e. The lowest BCUT2D eigenvalue weighted by Crippen LogP contribution is -2.27. The molecular formula is C28H46O4. The quantitative estimate of drug-likeness (QED) is 0.182. The summed E-state index contributed by atoms with van der Waals surface area (Å²) >= 11 is 0. The van der Waals surface area contributed by atoms with Gasteiger partial charge in [-0.2, -0.15) is 0 Å². The summed E-state index contributed by atoms with van der Waals surface area (Å²) in [5, 5.41) is 9.23. The van der Waals surface area contributed by atoms with Crippen LogP contribution in [0.5, 0.6) is 0 Å². The fraction of sp³-hybridized carbons (Fsp3) is 0.714. The van der Waals surface area contributed by atoms with Crippen molar-refractivity contribution in [2.75, 3.05) is 0 Å². The highest BCUT2D eigenvalue weighted by atomic mass is 16.5. The van der Waals surface area contributed by atoms with Crippen LogP contribution in [-0.2, 0) is 4.74 Å². The molecule has 0 spiro atoms. The lowest BCUT2D eigenvalue weighted by molar-refractivity contribution is 0.00676. The number of carbonyl (C=O) groups is 2. The monoisotopic (exact) mass is 446 g/mol. The van der Waals surface area contributed by atoms with Crippen molar-refractivity contribution in [1.29, 1.82) is 0 Å². The number of hydrogen-bond acceptors (Lipinski definition) is 3. The fourth-order valence-electron chi connectivity index (χ4n) is 4.35. The standard InChI is InChI=1S/C28H46O4/c1-5-7-11-17-23(15-6-2)26(20-13-10-8-9-12-16-22(3)4)32-28(31)25-19-14-18-24(21-25)27(29)30/h14,18-19,21-23,26H,5-13,15-17,20H2,1-4H3,(H,29,30). The molecule has 32 heavy (non-hydrogen) atoms. The molecule has 0 bridgehead atoms. The van der Waals surface area contributed by atoms with E-state index in [1.54, 1.807) is 12.1 Å². The average Bonchev–Trinajstić information content (AvgIpc) is 2.77. The number of hydrogen-bond donors (Lipinski definition) is 1. The zero-order chi connectivity index (χ0) is 23.8. The molecule has 0 saturated heterocycles. The van der Waals surface area contributed by atoms with Gasteiger partial charge in [0.25, 0.3) is 0 Å². The first-order chi connectivity index (χ1) is 15.4. The highest BCUT2D eigenvalue weighted by molar-refractivity contribution is 5.94. The van der Waals surface area contributed by atoms with Crippen molar-refractivity contribution in [2.45, 2.75) is 117 Å². The second-order valence-electron chi connectivity index (χ2n) is 9.61. The minimum Gasteiger partial charge on any atom is -0.478 e. The SMILES string of the molecule is CCCCCC(CCC)C(CCCCCCCC(C)C)OC(=O)c1cccc(C(=O)O)c1. The van der Waals surface area contributed by atoms with E-state index in [2.05, 4.69) is 27.7 Å². The van der Waals surface area contributed by atoms with Gasteiger partial charge in [0, 0.05) is 0 Å². The van der Waals surface area contributed by atoms with E-state index in [4.69, 9.17) is 4.74 Å². The van der Waals surface area contributed by atoms with Gasteiger partial charge in [-0.3, -0.25) is 0 Å². The molecule has 2 unspecified atom stereocenters. The summed E-state index contributed by atoms with van der Waals surface area (Å²) in [6, 6.07) is 6.17. The molecule has 182 valence electrons. The van der Waals surface area contributed by atoms with Gasteiger partial charge >= 0.3 is 11.9 Å². The smallest absolute Gasteiger partial charge is 0.338 e. The third kappa shape index (κ3) is 11.7. The first-order valence-corrected chi connectivity index (χ1v) is 12.9. The summed E-state index contributed by atoms with van der Waals surface area (Å²) in [5.74, 6) is -0.279. The normalized spacial score (nSPS) is 13.2. The van der Waals surface area contributed by atoms with Crippen LogP contribution in [0.4, 0.5) is 0 Å². The topological polar surface area (TPSA) is 63.6 Å². The van der Waals surface area contributed by atoms with Crippen LogP contribution < -0.4 is 0 Å². The molecule has 0 aliphatic carbocycles. The molecule has 1 N–H and O–H groups in total. The van der Waals surface area contributed by atoms with Crippen LogP contribution in [0.1, 0.15) is 132 Å². The van der Waals surface area contributed by atoms with Crippen LogP contribution in [0.3, 0.4) is 0 Å². The Kier molecular flexibility index (Phi) is 14.8. The summed E-state index contributed by atoms with van der Waals surface area (Å²) in [7, 11) is 0. The number of ether oxygens (including phenoxy) is 1. The Morgan fingerprint density at radius 3 is 2.06 bits per heavy atom. The van der Waals surface area contributed by atoms with E-state index in [-0.39, 0.29) is 11.7 Å². The van der Waals surface area contributed by atoms with E-state index < -0.39 is 11.9 Å². The van der Waals surface area contributed by atoms with Gasteiger partial charge in [0.1, 0.15) is 6.10 Å². The molecule has 4 heteroatoms. The van der Waals surface area contributed by atoms with Gasteiger partial charge in [0.05, 0.1) is 11.1 Å². The van der Waals surface area contributed by atoms with Gasteiger partial charge in [-0.25, -0.2) is 9.59 Å². The van der Waals surface area contributed by atoms with Crippen LogP contribution in [-0.4, -0.2) is 23.1 Å². The van der Waals surface area contributed by atoms with E-state index in [0.717, 1.165) is 38.0 Å². The Morgan fingerprint density at radius 1 is 0.812 bits per heavy atom. The summed E-state index contributed by atoms with van der Waals surface area (Å²) in [4.78, 5) is 24.2. The number of unbranched alkanes of at least 4 members (excludes halogenated alkanes) is 6. The zero-order valence-electron chi connectivity index (χ0n) is 20.9. The van der Waals surface area contributed by atoms with Crippen molar-refractivity contribution in [1.82, 2.24) is 0 Å². The van der Waals surface area contributed by atoms with Crippen molar-refractivity contribution in [3.63, 3.8) is 0 Å². The number of esters is 1. The number of rotatable bonds is 18. The highest BCUT2D eigenvalue weighted by Gasteiger charge is 2.25. The number of carboxylic acids is 1. The van der Waals surface area contributed by atoms with E-state index >= 15 is 0 Å². The van der Waals surface area contributed by atoms with Gasteiger partial charge in [0.15, 0.2) is 0 Å². The number of carboxylic acid groups (broad SMARTS) is 1. The molecule has 0 aliphatic heterocycles. The predicted octanol–water partition coefficient (Wildman–Crippen LogP) is 8.29. The van der Waals surface area contributed by atoms with Crippen molar-refractivity contribution in [3.05, 3.63) is 35.4 Å². The summed E-state index contributed by atoms with van der Waals surface area (Å²) in [6.07, 6.45) is 14.9. The Bertz CT molecular complexity index is 653. The van der Waals surface area contributed by atoms with Gasteiger partial charge in [0.2, 0.25) is 0 Å². The van der Waals surface area contributed by atoms with Crippen LogP contribution >= 0.6 is 0 Å². The molecule has 1 rings (SSSR count). The van der Waals surface area contributed by atoms with Crippen molar-refractivity contribution >= 4 is 11.9 Å². The Balaban J connectivity index is 2.75. The van der Waals surface area contributed by atoms with Gasteiger partial charge in [-0.05, 0) is 55.7 Å². The number of carbonyl (C=O) groups excluding carboxylic acids is 1. The summed E-state index contributed by atoms with van der Waals surface area (Å²) in [6.45, 7) is 8.95. The molecule has 0 amide bonds. The van der Waals surface area contributed by atoms with Crippen LogP contribution in [0.2, 0.25) is 0 Å². The van der Waals surface area contributed by atoms with Crippen molar-refractivity contribution < 1.29 is 19.4 Å². The predicted molar refractivity (Wildman–Crippen MR) is 132 cm³/mol. The lowest BCUT2D eigenvalue weighted by Gasteiger charge is -2.27. The molecular weight excluding hydrogens is 400 g/mol. The maximum Gasteiger partial charge on any atom is 0.338 e. The molecule has 0 fully saturated rings. The first-order valence-electron chi connectivity index (χ1n) is 12.9. The number of aromatic carboxylic acids is 1. The minimum atomic E-state index is -1.03. The summed E-state index contributed by atoms with van der Waals surface area (Å²) < 4.78 is 6.04. The zero-order valence-corrected chi connectivity index (χ0v) is 20.9. The Labute approximate surface area is 196 Å². The van der Waals surface area contributed by atoms with Gasteiger partial charge in [-0.1, -0.05) is 91.5 Å². The molecule has 0 saturated carbocycles. The lowest BCUT2D eigenvalue weighted by atomic mass is 9.88. The average molecular weight is 447 g/mol. The van der Waals surface area contributed by atoms with E-state index in [0.29, 0.717) is 11.5 Å². The molecule has 2 atom stereocenters. The minimum absolute atomic E-state index is 0.0940. The maximum absolute atomic E-state index is 12.9. The molecule has 0 aliphatic rings. The van der Waals surface area contributed by atoms with Gasteiger partial charge in [-0.15, -0.1) is 0 Å². The van der Waals surface area contributed by atoms with Crippen molar-refractivity contribution in [2.24, 2.45) is 11.8 Å². The first kappa shape index (κ1) is 28.2. The molecule has 1 aromatic carbocycles. The molecule has 0 radical (unpaired) electrons. The number of benzene rings is 1. The van der Waals surface area contributed by atoms with Gasteiger partial charge < -0.3 is 9.84 Å². The van der Waals surface area contributed by atoms with Crippen LogP contribution in [0.15, 0.2) is 24.3 Å². The van der Waals surface area contributed by atoms with Crippen molar-refractivity contribution in [3.8, 4) is 0 Å². The fourth-order valence-corrected chi connectivity index (χ4v) is 4.35. The van der Waals surface area contributed by atoms with E-state index in [9.17, 15) is 14.7 Å². The summed E-state index contributed by atoms with van der Waals surface area (Å²) in [5.41, 5.74) is 0.442. The molecule has 0 heterocycles. The Morgan fingerprint density at radius 2 is 1.44 bits per heavy atom. The third-order valence-corrected chi connectivity index (χ3v) is 6.24. The van der Waals surface area contributed by atoms with E-state index in [1.165, 1.54) is 63.5 Å². The second-order valence-corrected chi connectivity index (χ2v) is 9.61. The molecule has 1 aromatic rings. The van der Waals surface area contributed by atoms with Crippen LogP contribution in [0.25, 0.3) is 0 Å². The third-order valence-electron chi connectivity index (χ3n) is 6.24. The van der Waals surface area contributed by atoms with E-state index in [1.807, 2.05) is 0 Å². The molecule has 4 nitrogen and oxygen atoms in total. The highest BCUT2D eigenvalue weighted by Crippen LogP contribution is 2.27. The Hall–Kier alpha value is -1.84.